The highest BCUT2D eigenvalue weighted by atomic mass is 16.2. The molecule has 3 nitrogen and oxygen atoms in total. The number of nitrogens with one attached hydrogen (secondary N) is 2. The van der Waals surface area contributed by atoms with Crippen LogP contribution >= 0.6 is 0 Å². The van der Waals surface area contributed by atoms with Crippen molar-refractivity contribution in [2.45, 2.75) is 58.9 Å². The van der Waals surface area contributed by atoms with Crippen LogP contribution in [0.3, 0.4) is 0 Å². The van der Waals surface area contributed by atoms with E-state index < -0.39 is 0 Å². The van der Waals surface area contributed by atoms with Gasteiger partial charge in [0.2, 0.25) is 0 Å². The van der Waals surface area contributed by atoms with Gasteiger partial charge >= 0.3 is 6.03 Å². The number of carbonyl (C=O) groups is 1. The normalized spacial score (nSPS) is 10.5. The van der Waals surface area contributed by atoms with Crippen molar-refractivity contribution >= 4 is 11.7 Å². The molecule has 0 saturated carbocycles. The number of anilines is 1. The standard InChI is InChI=1S/C16H26N2O/c1-4-9-14(10-5-2)17-16(19)18-15-12-8-7-11-13(15)6-3/h7-8,11-12,14H,4-6,9-10H2,1-3H3,(H2,17,18,19). The topological polar surface area (TPSA) is 41.1 Å². The zero-order valence-corrected chi connectivity index (χ0v) is 12.3. The first kappa shape index (κ1) is 15.5. The Balaban J connectivity index is 2.58. The first-order valence-corrected chi connectivity index (χ1v) is 7.36. The Hall–Kier alpha value is -1.51. The maximum absolute atomic E-state index is 12.0. The van der Waals surface area contributed by atoms with Gasteiger partial charge in [0.05, 0.1) is 0 Å². The van der Waals surface area contributed by atoms with Crippen LogP contribution in [0.2, 0.25) is 0 Å². The van der Waals surface area contributed by atoms with E-state index in [1.54, 1.807) is 0 Å². The molecule has 1 aromatic rings. The van der Waals surface area contributed by atoms with Crippen molar-refractivity contribution in [1.29, 1.82) is 0 Å². The van der Waals surface area contributed by atoms with Gasteiger partial charge in [0.15, 0.2) is 0 Å². The van der Waals surface area contributed by atoms with Gasteiger partial charge in [-0.3, -0.25) is 0 Å². The van der Waals surface area contributed by atoms with Crippen LogP contribution in [0.1, 0.15) is 52.0 Å². The summed E-state index contributed by atoms with van der Waals surface area (Å²) < 4.78 is 0. The average molecular weight is 262 g/mol. The zero-order chi connectivity index (χ0) is 14.1. The molecule has 0 radical (unpaired) electrons. The molecule has 2 N–H and O–H groups in total. The van der Waals surface area contributed by atoms with Gasteiger partial charge < -0.3 is 10.6 Å². The molecule has 0 fully saturated rings. The fourth-order valence-electron chi connectivity index (χ4n) is 2.28. The molecule has 0 spiro atoms. The van der Waals surface area contributed by atoms with Gasteiger partial charge in [-0.1, -0.05) is 51.8 Å². The second kappa shape index (κ2) is 8.57. The molecule has 1 rings (SSSR count). The highest BCUT2D eigenvalue weighted by Crippen LogP contribution is 2.15. The predicted molar refractivity (Wildman–Crippen MR) is 81.6 cm³/mol. The van der Waals surface area contributed by atoms with E-state index >= 15 is 0 Å². The van der Waals surface area contributed by atoms with Gasteiger partial charge in [-0.05, 0) is 30.9 Å². The molecule has 19 heavy (non-hydrogen) atoms. The molecule has 0 atom stereocenters. The fraction of sp³-hybridized carbons (Fsp3) is 0.562. The molecule has 106 valence electrons. The van der Waals surface area contributed by atoms with Crippen molar-refractivity contribution in [2.75, 3.05) is 5.32 Å². The van der Waals surface area contributed by atoms with Crippen molar-refractivity contribution in [1.82, 2.24) is 5.32 Å². The van der Waals surface area contributed by atoms with Gasteiger partial charge in [-0.2, -0.15) is 0 Å². The minimum Gasteiger partial charge on any atom is -0.335 e. The molecular weight excluding hydrogens is 236 g/mol. The summed E-state index contributed by atoms with van der Waals surface area (Å²) in [4.78, 5) is 12.0. The summed E-state index contributed by atoms with van der Waals surface area (Å²) >= 11 is 0. The Morgan fingerprint density at radius 1 is 1.11 bits per heavy atom. The predicted octanol–water partition coefficient (Wildman–Crippen LogP) is 4.34. The minimum absolute atomic E-state index is 0.0900. The first-order chi connectivity index (χ1) is 9.21. The summed E-state index contributed by atoms with van der Waals surface area (Å²) in [6.07, 6.45) is 5.18. The van der Waals surface area contributed by atoms with Crippen LogP contribution in [0.5, 0.6) is 0 Å². The second-order valence-corrected chi connectivity index (χ2v) is 4.88. The minimum atomic E-state index is -0.0900. The van der Waals surface area contributed by atoms with Crippen molar-refractivity contribution in [3.8, 4) is 0 Å². The smallest absolute Gasteiger partial charge is 0.319 e. The average Bonchev–Trinajstić information content (AvgIpc) is 2.40. The van der Waals surface area contributed by atoms with Crippen LogP contribution in [0, 0.1) is 0 Å². The molecule has 0 unspecified atom stereocenters. The monoisotopic (exact) mass is 262 g/mol. The summed E-state index contributed by atoms with van der Waals surface area (Å²) in [5, 5.41) is 6.03. The van der Waals surface area contributed by atoms with E-state index in [9.17, 15) is 4.79 Å². The molecule has 0 aliphatic carbocycles. The number of amides is 2. The first-order valence-electron chi connectivity index (χ1n) is 7.36. The quantitative estimate of drug-likeness (QED) is 0.754. The van der Waals surface area contributed by atoms with Crippen molar-refractivity contribution in [3.63, 3.8) is 0 Å². The number of hydrogen-bond donors (Lipinski definition) is 2. The summed E-state index contributed by atoms with van der Waals surface area (Å²) in [6, 6.07) is 8.14. The van der Waals surface area contributed by atoms with E-state index in [-0.39, 0.29) is 12.1 Å². The molecule has 0 saturated heterocycles. The molecule has 0 aliphatic rings. The van der Waals surface area contributed by atoms with Gasteiger partial charge in [0.25, 0.3) is 0 Å². The number of urea groups is 1. The Morgan fingerprint density at radius 2 is 1.74 bits per heavy atom. The Kier molecular flexibility index (Phi) is 7.01. The Morgan fingerprint density at radius 3 is 2.32 bits per heavy atom. The van der Waals surface area contributed by atoms with E-state index in [0.717, 1.165) is 37.8 Å². The van der Waals surface area contributed by atoms with E-state index in [1.165, 1.54) is 5.56 Å². The number of benzene rings is 1. The van der Waals surface area contributed by atoms with Gasteiger partial charge in [-0.25, -0.2) is 4.79 Å². The van der Waals surface area contributed by atoms with Crippen LogP contribution in [-0.2, 0) is 6.42 Å². The van der Waals surface area contributed by atoms with Crippen LogP contribution < -0.4 is 10.6 Å². The molecule has 0 aromatic heterocycles. The number of aryl methyl sites for hydroxylation is 1. The Labute approximate surface area is 116 Å². The summed E-state index contributed by atoms with van der Waals surface area (Å²) in [6.45, 7) is 6.39. The van der Waals surface area contributed by atoms with E-state index in [2.05, 4.69) is 31.4 Å². The van der Waals surface area contributed by atoms with Crippen LogP contribution in [0.4, 0.5) is 10.5 Å². The summed E-state index contributed by atoms with van der Waals surface area (Å²) in [5.74, 6) is 0. The van der Waals surface area contributed by atoms with Crippen molar-refractivity contribution < 1.29 is 4.79 Å². The van der Waals surface area contributed by atoms with Crippen LogP contribution in [-0.4, -0.2) is 12.1 Å². The van der Waals surface area contributed by atoms with Gasteiger partial charge in [0.1, 0.15) is 0 Å². The lowest BCUT2D eigenvalue weighted by Crippen LogP contribution is -2.38. The molecule has 2 amide bonds. The van der Waals surface area contributed by atoms with Crippen LogP contribution in [0.25, 0.3) is 0 Å². The molecule has 1 aromatic carbocycles. The van der Waals surface area contributed by atoms with Crippen molar-refractivity contribution in [3.05, 3.63) is 29.8 Å². The lowest BCUT2D eigenvalue weighted by atomic mass is 10.1. The molecular formula is C16H26N2O. The maximum Gasteiger partial charge on any atom is 0.319 e. The second-order valence-electron chi connectivity index (χ2n) is 4.88. The van der Waals surface area contributed by atoms with Crippen LogP contribution in [0.15, 0.2) is 24.3 Å². The highest BCUT2D eigenvalue weighted by molar-refractivity contribution is 5.90. The SMILES string of the molecule is CCCC(CCC)NC(=O)Nc1ccccc1CC. The molecule has 3 heteroatoms. The fourth-order valence-corrected chi connectivity index (χ4v) is 2.28. The lowest BCUT2D eigenvalue weighted by Gasteiger charge is -2.18. The lowest BCUT2D eigenvalue weighted by molar-refractivity contribution is 0.246. The third kappa shape index (κ3) is 5.33. The number of hydrogen-bond acceptors (Lipinski definition) is 1. The van der Waals surface area contributed by atoms with E-state index in [1.807, 2.05) is 24.3 Å². The molecule has 0 bridgehead atoms. The van der Waals surface area contributed by atoms with Gasteiger partial charge in [0, 0.05) is 11.7 Å². The maximum atomic E-state index is 12.0. The number of rotatable bonds is 7. The van der Waals surface area contributed by atoms with Gasteiger partial charge in [-0.15, -0.1) is 0 Å². The highest BCUT2D eigenvalue weighted by Gasteiger charge is 2.11. The Bertz CT molecular complexity index is 384. The van der Waals surface area contributed by atoms with E-state index in [0.29, 0.717) is 0 Å². The summed E-state index contributed by atoms with van der Waals surface area (Å²) in [5.41, 5.74) is 2.08. The summed E-state index contributed by atoms with van der Waals surface area (Å²) in [7, 11) is 0. The number of carbonyl (C=O) groups excluding carboxylic acids is 1. The molecule has 0 aliphatic heterocycles. The van der Waals surface area contributed by atoms with Crippen molar-refractivity contribution in [2.24, 2.45) is 0 Å². The largest absolute Gasteiger partial charge is 0.335 e. The third-order valence-corrected chi connectivity index (χ3v) is 3.26. The van der Waals surface area contributed by atoms with E-state index in [4.69, 9.17) is 0 Å². The third-order valence-electron chi connectivity index (χ3n) is 3.26. The zero-order valence-electron chi connectivity index (χ0n) is 12.3. The number of para-hydroxylation sites is 1. The molecule has 0 heterocycles.